The summed E-state index contributed by atoms with van der Waals surface area (Å²) in [7, 11) is 5.47. The number of hydrogen-bond donors (Lipinski definition) is 0. The largest absolute Gasteiger partial charge is 0.476 e. The van der Waals surface area contributed by atoms with Crippen LogP contribution >= 0.6 is 0 Å². The van der Waals surface area contributed by atoms with Gasteiger partial charge >= 0.3 is 5.97 Å². The molecule has 0 atom stereocenters. The zero-order valence-corrected chi connectivity index (χ0v) is 13.4. The maximum Gasteiger partial charge on any atom is 0.307 e. The zero-order valence-electron chi connectivity index (χ0n) is 13.4. The van der Waals surface area contributed by atoms with Gasteiger partial charge in [-0.2, -0.15) is 0 Å². The lowest BCUT2D eigenvalue weighted by atomic mass is 10.2. The summed E-state index contributed by atoms with van der Waals surface area (Å²) in [6, 6.07) is 7.88. The van der Waals surface area contributed by atoms with E-state index in [2.05, 4.69) is 14.7 Å². The van der Waals surface area contributed by atoms with Gasteiger partial charge in [0.05, 0.1) is 37.6 Å². The fourth-order valence-corrected chi connectivity index (χ4v) is 2.22. The number of methoxy groups -OCH3 is 1. The highest BCUT2D eigenvalue weighted by Crippen LogP contribution is 2.25. The van der Waals surface area contributed by atoms with Crippen molar-refractivity contribution in [2.75, 3.05) is 34.4 Å². The maximum atomic E-state index is 11.3. The summed E-state index contributed by atoms with van der Waals surface area (Å²) in [6.07, 6.45) is 1.23. The van der Waals surface area contributed by atoms with Gasteiger partial charge in [0.15, 0.2) is 0 Å². The molecule has 0 fully saturated rings. The van der Waals surface area contributed by atoms with Gasteiger partial charge in [0.1, 0.15) is 0 Å². The molecule has 1 heterocycles. The number of aryl methyl sites for hydroxylation is 1. The second-order valence-electron chi connectivity index (χ2n) is 5.38. The van der Waals surface area contributed by atoms with Gasteiger partial charge in [0.25, 0.3) is 0 Å². The van der Waals surface area contributed by atoms with Gasteiger partial charge in [-0.05, 0) is 32.6 Å². The topological polar surface area (TPSA) is 56.6 Å². The summed E-state index contributed by atoms with van der Waals surface area (Å²) in [4.78, 5) is 13.4. The Balaban J connectivity index is 2.08. The maximum absolute atomic E-state index is 11.3. The van der Waals surface area contributed by atoms with Crippen molar-refractivity contribution in [1.29, 1.82) is 0 Å². The Morgan fingerprint density at radius 3 is 2.82 bits per heavy atom. The van der Waals surface area contributed by atoms with Crippen molar-refractivity contribution in [3.8, 4) is 5.88 Å². The average Bonchev–Trinajstić information content (AvgIpc) is 2.87. The summed E-state index contributed by atoms with van der Waals surface area (Å²) in [5.41, 5.74) is 0.967. The minimum Gasteiger partial charge on any atom is -0.476 e. The first kappa shape index (κ1) is 16.3. The van der Waals surface area contributed by atoms with Gasteiger partial charge in [-0.3, -0.25) is 9.48 Å². The Labute approximate surface area is 130 Å². The second kappa shape index (κ2) is 7.79. The molecule has 0 unspecified atom stereocenters. The highest BCUT2D eigenvalue weighted by Gasteiger charge is 2.12. The Bertz CT molecular complexity index is 622. The molecule has 1 aromatic heterocycles. The molecule has 0 N–H and O–H groups in total. The number of benzene rings is 1. The van der Waals surface area contributed by atoms with E-state index in [1.165, 1.54) is 7.11 Å². The molecule has 6 nitrogen and oxygen atoms in total. The van der Waals surface area contributed by atoms with Gasteiger partial charge in [-0.25, -0.2) is 0 Å². The molecule has 0 saturated carbocycles. The summed E-state index contributed by atoms with van der Waals surface area (Å²) in [6.45, 7) is 2.07. The van der Waals surface area contributed by atoms with Gasteiger partial charge in [0.2, 0.25) is 5.88 Å². The number of ether oxygens (including phenoxy) is 2. The third kappa shape index (κ3) is 4.21. The van der Waals surface area contributed by atoms with Gasteiger partial charge in [0, 0.05) is 6.54 Å². The first-order valence-electron chi connectivity index (χ1n) is 7.41. The molecular formula is C16H23N3O3. The number of aromatic nitrogens is 2. The standard InChI is InChI=1S/C16H23N3O3/c1-18(2)10-6-12-22-16-13-7-4-5-8-14(13)19(17-16)11-9-15(20)21-3/h4-5,7-8H,6,9-12H2,1-3H3. The fourth-order valence-electron chi connectivity index (χ4n) is 2.22. The van der Waals surface area contributed by atoms with E-state index in [0.29, 0.717) is 25.5 Å². The minimum atomic E-state index is -0.243. The van der Waals surface area contributed by atoms with Crippen LogP contribution in [0.25, 0.3) is 10.9 Å². The Morgan fingerprint density at radius 1 is 1.32 bits per heavy atom. The van der Waals surface area contributed by atoms with Crippen molar-refractivity contribution in [3.05, 3.63) is 24.3 Å². The number of fused-ring (bicyclic) bond motifs is 1. The van der Waals surface area contributed by atoms with E-state index in [9.17, 15) is 4.79 Å². The molecule has 0 bridgehead atoms. The highest BCUT2D eigenvalue weighted by atomic mass is 16.5. The Kier molecular flexibility index (Phi) is 5.77. The summed E-state index contributed by atoms with van der Waals surface area (Å²) in [5.74, 6) is 0.382. The van der Waals surface area contributed by atoms with E-state index in [0.717, 1.165) is 23.9 Å². The zero-order chi connectivity index (χ0) is 15.9. The molecule has 0 saturated heterocycles. The van der Waals surface area contributed by atoms with Crippen molar-refractivity contribution < 1.29 is 14.3 Å². The first-order chi connectivity index (χ1) is 10.6. The van der Waals surface area contributed by atoms with Crippen LogP contribution in [0.15, 0.2) is 24.3 Å². The van der Waals surface area contributed by atoms with E-state index in [1.54, 1.807) is 4.68 Å². The molecule has 0 aliphatic rings. The monoisotopic (exact) mass is 305 g/mol. The summed E-state index contributed by atoms with van der Waals surface area (Å²) >= 11 is 0. The number of para-hydroxylation sites is 1. The molecule has 2 rings (SSSR count). The Hall–Kier alpha value is -2.08. The molecule has 0 amide bonds. The van der Waals surface area contributed by atoms with Crippen molar-refractivity contribution >= 4 is 16.9 Å². The van der Waals surface area contributed by atoms with Crippen LogP contribution in [0.5, 0.6) is 5.88 Å². The molecule has 1 aromatic carbocycles. The van der Waals surface area contributed by atoms with Crippen molar-refractivity contribution in [1.82, 2.24) is 14.7 Å². The van der Waals surface area contributed by atoms with E-state index in [4.69, 9.17) is 4.74 Å². The van der Waals surface area contributed by atoms with Crippen LogP contribution in [-0.4, -0.2) is 55.0 Å². The first-order valence-corrected chi connectivity index (χ1v) is 7.41. The van der Waals surface area contributed by atoms with Crippen LogP contribution in [0, 0.1) is 0 Å². The molecule has 2 aromatic rings. The predicted octanol–water partition coefficient (Wildman–Crippen LogP) is 1.93. The van der Waals surface area contributed by atoms with Crippen molar-refractivity contribution in [2.45, 2.75) is 19.4 Å². The van der Waals surface area contributed by atoms with Crippen LogP contribution in [0.2, 0.25) is 0 Å². The predicted molar refractivity (Wildman–Crippen MR) is 85.0 cm³/mol. The molecule has 22 heavy (non-hydrogen) atoms. The van der Waals surface area contributed by atoms with E-state index >= 15 is 0 Å². The van der Waals surface area contributed by atoms with Gasteiger partial charge in [-0.1, -0.05) is 12.1 Å². The molecule has 0 spiro atoms. The average molecular weight is 305 g/mol. The number of hydrogen-bond acceptors (Lipinski definition) is 5. The number of rotatable bonds is 8. The van der Waals surface area contributed by atoms with Crippen LogP contribution in [0.4, 0.5) is 0 Å². The minimum absolute atomic E-state index is 0.243. The third-order valence-electron chi connectivity index (χ3n) is 3.37. The van der Waals surface area contributed by atoms with Crippen LogP contribution in [0.1, 0.15) is 12.8 Å². The summed E-state index contributed by atoms with van der Waals surface area (Å²) < 4.78 is 12.3. The highest BCUT2D eigenvalue weighted by molar-refractivity contribution is 5.84. The molecule has 6 heteroatoms. The van der Waals surface area contributed by atoms with Crippen molar-refractivity contribution in [2.24, 2.45) is 0 Å². The lowest BCUT2D eigenvalue weighted by Gasteiger charge is -2.09. The second-order valence-corrected chi connectivity index (χ2v) is 5.38. The molecule has 0 aliphatic heterocycles. The quantitative estimate of drug-likeness (QED) is 0.551. The molecule has 120 valence electrons. The van der Waals surface area contributed by atoms with E-state index in [-0.39, 0.29) is 5.97 Å². The number of carbonyl (C=O) groups is 1. The third-order valence-corrected chi connectivity index (χ3v) is 3.37. The van der Waals surface area contributed by atoms with Gasteiger partial charge in [-0.15, -0.1) is 5.10 Å². The smallest absolute Gasteiger partial charge is 0.307 e. The lowest BCUT2D eigenvalue weighted by Crippen LogP contribution is -2.15. The van der Waals surface area contributed by atoms with E-state index in [1.807, 2.05) is 38.4 Å². The van der Waals surface area contributed by atoms with Crippen LogP contribution < -0.4 is 4.74 Å². The van der Waals surface area contributed by atoms with Gasteiger partial charge < -0.3 is 14.4 Å². The van der Waals surface area contributed by atoms with Crippen molar-refractivity contribution in [3.63, 3.8) is 0 Å². The van der Waals surface area contributed by atoms with Crippen LogP contribution in [-0.2, 0) is 16.1 Å². The van der Waals surface area contributed by atoms with E-state index < -0.39 is 0 Å². The van der Waals surface area contributed by atoms with Crippen LogP contribution in [0.3, 0.4) is 0 Å². The number of esters is 1. The normalized spacial score (nSPS) is 11.1. The fraction of sp³-hybridized carbons (Fsp3) is 0.500. The molecular weight excluding hydrogens is 282 g/mol. The lowest BCUT2D eigenvalue weighted by molar-refractivity contribution is -0.140. The molecule has 0 radical (unpaired) electrons. The summed E-state index contributed by atoms with van der Waals surface area (Å²) in [5, 5.41) is 5.45. The Morgan fingerprint density at radius 2 is 2.09 bits per heavy atom. The number of carbonyl (C=O) groups excluding carboxylic acids is 1. The number of nitrogens with zero attached hydrogens (tertiary/aromatic N) is 3. The molecule has 0 aliphatic carbocycles. The SMILES string of the molecule is COC(=O)CCn1nc(OCCCN(C)C)c2ccccc21.